The average Bonchev–Trinajstić information content (AvgIpc) is 3.04. The second-order valence-corrected chi connectivity index (χ2v) is 7.59. The number of amides is 1. The van der Waals surface area contributed by atoms with Crippen LogP contribution in [0, 0.1) is 10.1 Å². The third-order valence-electron chi connectivity index (χ3n) is 5.38. The number of nitro benzene ring substituents is 1. The van der Waals surface area contributed by atoms with Crippen molar-refractivity contribution in [2.75, 3.05) is 34.3 Å². The second-order valence-electron chi connectivity index (χ2n) is 7.59. The highest BCUT2D eigenvalue weighted by atomic mass is 16.6. The maximum atomic E-state index is 13.4. The number of ether oxygens (including phenoxy) is 1. The molecule has 0 aliphatic carbocycles. The van der Waals surface area contributed by atoms with Crippen molar-refractivity contribution in [2.45, 2.75) is 6.04 Å². The van der Waals surface area contributed by atoms with E-state index in [1.165, 1.54) is 19.2 Å². The maximum Gasteiger partial charge on any atom is 0.290 e. The molecule has 0 fully saturated rings. The SMILES string of the molecule is COc1ccc2c(=O)c3c(oc2c1)C(=O)N(CCN(C)C)C3c1ccc([N+](=O)[O-])cc1. The third kappa shape index (κ3) is 3.53. The van der Waals surface area contributed by atoms with E-state index in [0.717, 1.165) is 0 Å². The molecule has 160 valence electrons. The van der Waals surface area contributed by atoms with Crippen molar-refractivity contribution in [3.05, 3.63) is 79.7 Å². The van der Waals surface area contributed by atoms with Gasteiger partial charge in [0.15, 0.2) is 5.43 Å². The monoisotopic (exact) mass is 423 g/mol. The van der Waals surface area contributed by atoms with Gasteiger partial charge in [0.05, 0.1) is 29.0 Å². The van der Waals surface area contributed by atoms with Gasteiger partial charge in [-0.15, -0.1) is 0 Å². The average molecular weight is 423 g/mol. The lowest BCUT2D eigenvalue weighted by molar-refractivity contribution is -0.384. The largest absolute Gasteiger partial charge is 0.497 e. The standard InChI is InChI=1S/C22H21N3O6/c1-23(2)10-11-24-19(13-4-6-14(7-5-13)25(28)29)18-20(26)16-9-8-15(30-3)12-17(16)31-21(18)22(24)27/h4-9,12,19H,10-11H2,1-3H3. The first-order valence-electron chi connectivity index (χ1n) is 9.66. The summed E-state index contributed by atoms with van der Waals surface area (Å²) < 4.78 is 11.1. The van der Waals surface area contributed by atoms with Gasteiger partial charge in [0, 0.05) is 31.3 Å². The second kappa shape index (κ2) is 7.84. The summed E-state index contributed by atoms with van der Waals surface area (Å²) in [5.41, 5.74) is 0.758. The molecule has 4 rings (SSSR count). The molecule has 9 heteroatoms. The maximum absolute atomic E-state index is 13.4. The highest BCUT2D eigenvalue weighted by Crippen LogP contribution is 2.38. The van der Waals surface area contributed by atoms with Gasteiger partial charge in [-0.1, -0.05) is 0 Å². The molecule has 2 aromatic carbocycles. The Morgan fingerprint density at radius 1 is 1.16 bits per heavy atom. The van der Waals surface area contributed by atoms with Crippen molar-refractivity contribution in [1.29, 1.82) is 0 Å². The number of non-ortho nitro benzene ring substituents is 1. The van der Waals surface area contributed by atoms with Crippen molar-refractivity contribution in [2.24, 2.45) is 0 Å². The van der Waals surface area contributed by atoms with E-state index >= 15 is 0 Å². The predicted octanol–water partition coefficient (Wildman–Crippen LogP) is 2.82. The molecule has 3 aromatic rings. The van der Waals surface area contributed by atoms with Crippen molar-refractivity contribution in [1.82, 2.24) is 9.80 Å². The van der Waals surface area contributed by atoms with E-state index in [-0.39, 0.29) is 33.9 Å². The van der Waals surface area contributed by atoms with Crippen molar-refractivity contribution >= 4 is 22.6 Å². The van der Waals surface area contributed by atoms with Crippen LogP contribution in [0.3, 0.4) is 0 Å². The predicted molar refractivity (Wildman–Crippen MR) is 114 cm³/mol. The Morgan fingerprint density at radius 3 is 2.48 bits per heavy atom. The van der Waals surface area contributed by atoms with Gasteiger partial charge in [-0.3, -0.25) is 19.7 Å². The van der Waals surface area contributed by atoms with Gasteiger partial charge in [0.1, 0.15) is 11.3 Å². The zero-order chi connectivity index (χ0) is 22.3. The number of likely N-dealkylation sites (N-methyl/N-ethyl adjacent to an activating group) is 1. The van der Waals surface area contributed by atoms with Gasteiger partial charge < -0.3 is 19.0 Å². The fourth-order valence-corrected chi connectivity index (χ4v) is 3.79. The van der Waals surface area contributed by atoms with Gasteiger partial charge in [0.25, 0.3) is 11.6 Å². The van der Waals surface area contributed by atoms with Gasteiger partial charge in [0.2, 0.25) is 5.76 Å². The van der Waals surface area contributed by atoms with Gasteiger partial charge in [-0.25, -0.2) is 0 Å². The molecule has 1 atom stereocenters. The van der Waals surface area contributed by atoms with Crippen molar-refractivity contribution in [3.63, 3.8) is 0 Å². The van der Waals surface area contributed by atoms with E-state index in [2.05, 4.69) is 0 Å². The molecule has 0 radical (unpaired) electrons. The first-order valence-corrected chi connectivity index (χ1v) is 9.66. The van der Waals surface area contributed by atoms with Crippen LogP contribution < -0.4 is 10.2 Å². The van der Waals surface area contributed by atoms with Crippen LogP contribution in [0.4, 0.5) is 5.69 Å². The van der Waals surface area contributed by atoms with Gasteiger partial charge >= 0.3 is 0 Å². The highest BCUT2D eigenvalue weighted by molar-refractivity contribution is 5.99. The molecule has 31 heavy (non-hydrogen) atoms. The van der Waals surface area contributed by atoms with E-state index in [4.69, 9.17) is 9.15 Å². The zero-order valence-electron chi connectivity index (χ0n) is 17.3. The summed E-state index contributed by atoms with van der Waals surface area (Å²) in [7, 11) is 5.28. The minimum absolute atomic E-state index is 0.00661. The van der Waals surface area contributed by atoms with E-state index < -0.39 is 11.0 Å². The van der Waals surface area contributed by atoms with E-state index in [1.807, 2.05) is 19.0 Å². The fourth-order valence-electron chi connectivity index (χ4n) is 3.79. The van der Waals surface area contributed by atoms with Crippen LogP contribution in [0.25, 0.3) is 11.0 Å². The van der Waals surface area contributed by atoms with Crippen molar-refractivity contribution in [3.8, 4) is 5.75 Å². The normalized spacial score (nSPS) is 15.5. The quantitative estimate of drug-likeness (QED) is 0.443. The summed E-state index contributed by atoms with van der Waals surface area (Å²) in [5.74, 6) is 0.118. The lowest BCUT2D eigenvalue weighted by Crippen LogP contribution is -2.35. The molecule has 0 saturated heterocycles. The van der Waals surface area contributed by atoms with Crippen LogP contribution in [-0.2, 0) is 0 Å². The third-order valence-corrected chi connectivity index (χ3v) is 5.38. The topological polar surface area (TPSA) is 106 Å². The number of hydrogen-bond acceptors (Lipinski definition) is 7. The number of benzene rings is 2. The number of rotatable bonds is 6. The molecule has 0 saturated carbocycles. The lowest BCUT2D eigenvalue weighted by Gasteiger charge is -2.26. The van der Waals surface area contributed by atoms with Gasteiger partial charge in [-0.05, 0) is 43.9 Å². The van der Waals surface area contributed by atoms with Gasteiger partial charge in [-0.2, -0.15) is 0 Å². The van der Waals surface area contributed by atoms with Crippen LogP contribution in [0.1, 0.15) is 27.7 Å². The molecule has 0 N–H and O–H groups in total. The number of methoxy groups -OCH3 is 1. The summed E-state index contributed by atoms with van der Waals surface area (Å²) in [6.45, 7) is 0.932. The van der Waals surface area contributed by atoms with E-state index in [9.17, 15) is 19.7 Å². The number of carbonyl (C=O) groups excluding carboxylic acids is 1. The molecule has 2 heterocycles. The molecule has 9 nitrogen and oxygen atoms in total. The summed E-state index contributed by atoms with van der Waals surface area (Å²) in [6.07, 6.45) is 0. The molecule has 1 aliphatic rings. The highest BCUT2D eigenvalue weighted by Gasteiger charge is 2.42. The van der Waals surface area contributed by atoms with Crippen LogP contribution >= 0.6 is 0 Å². The Kier molecular flexibility index (Phi) is 5.20. The number of hydrogen-bond donors (Lipinski definition) is 0. The van der Waals surface area contributed by atoms with E-state index in [0.29, 0.717) is 29.8 Å². The minimum atomic E-state index is -0.689. The Bertz CT molecular complexity index is 1230. The Morgan fingerprint density at radius 2 is 1.87 bits per heavy atom. The van der Waals surface area contributed by atoms with Crippen LogP contribution in [-0.4, -0.2) is 54.9 Å². The Balaban J connectivity index is 1.90. The van der Waals surface area contributed by atoms with Crippen LogP contribution in [0.15, 0.2) is 51.7 Å². The smallest absolute Gasteiger partial charge is 0.290 e. The Labute approximate surface area is 177 Å². The summed E-state index contributed by atoms with van der Waals surface area (Å²) in [5, 5.41) is 11.4. The zero-order valence-corrected chi connectivity index (χ0v) is 17.3. The van der Waals surface area contributed by atoms with Crippen LogP contribution in [0.5, 0.6) is 5.75 Å². The number of nitro groups is 1. The molecular weight excluding hydrogens is 402 g/mol. The minimum Gasteiger partial charge on any atom is -0.497 e. The number of carbonyl (C=O) groups is 1. The molecular formula is C22H21N3O6. The first-order chi connectivity index (χ1) is 14.8. The number of nitrogens with zero attached hydrogens (tertiary/aromatic N) is 3. The molecule has 1 amide bonds. The Hall–Kier alpha value is -3.72. The summed E-state index contributed by atoms with van der Waals surface area (Å²) >= 11 is 0. The van der Waals surface area contributed by atoms with Crippen LogP contribution in [0.2, 0.25) is 0 Å². The molecule has 1 aliphatic heterocycles. The van der Waals surface area contributed by atoms with Crippen molar-refractivity contribution < 1.29 is 18.9 Å². The molecule has 1 aromatic heterocycles. The van der Waals surface area contributed by atoms with E-state index in [1.54, 1.807) is 35.2 Å². The number of fused-ring (bicyclic) bond motifs is 2. The fraction of sp³-hybridized carbons (Fsp3) is 0.273. The summed E-state index contributed by atoms with van der Waals surface area (Å²) in [4.78, 5) is 40.7. The summed E-state index contributed by atoms with van der Waals surface area (Å²) in [6, 6.07) is 10.1. The lowest BCUT2D eigenvalue weighted by atomic mass is 9.98. The molecule has 1 unspecified atom stereocenters. The molecule has 0 spiro atoms. The first kappa shape index (κ1) is 20.5. The molecule has 0 bridgehead atoms.